The van der Waals surface area contributed by atoms with Crippen molar-refractivity contribution in [2.75, 3.05) is 0 Å². The molecule has 7 aromatic carbocycles. The predicted octanol–water partition coefficient (Wildman–Crippen LogP) is 11.2. The van der Waals surface area contributed by atoms with E-state index >= 15 is 0 Å². The average Bonchev–Trinajstić information content (AvgIpc) is 3.64. The third kappa shape index (κ3) is 3.38. The number of rotatable bonds is 3. The highest BCUT2D eigenvalue weighted by Crippen LogP contribution is 2.44. The van der Waals surface area contributed by atoms with Crippen LogP contribution in [0.3, 0.4) is 0 Å². The topological polar surface area (TPSA) is 35.1 Å². The Bertz CT molecular complexity index is 3040. The molecule has 4 aromatic heterocycles. The fourth-order valence-corrected chi connectivity index (χ4v) is 8.03. The van der Waals surface area contributed by atoms with E-state index in [-0.39, 0.29) is 0 Å². The number of aromatic nitrogens is 4. The third-order valence-electron chi connectivity index (χ3n) is 10.0. The maximum atomic E-state index is 5.14. The van der Waals surface area contributed by atoms with Crippen LogP contribution in [0, 0.1) is 0 Å². The molecule has 0 aliphatic heterocycles. The van der Waals surface area contributed by atoms with Crippen molar-refractivity contribution in [1.29, 1.82) is 0 Å². The maximum absolute atomic E-state index is 5.14. The standard InChI is InChI=1S/C44H26N4/c1-2-11-27(12-3-1)42-43(46-35-18-6-5-17-34(35)45-42)28-23-25-29(26-24-28)47-37-20-9-14-31-33-16-8-15-32-30-13-4-7-19-36(30)48(44(32)33)39-22-10-21-38(47)41(39)40(31)37/h1-26H. The molecule has 222 valence electrons. The van der Waals surface area contributed by atoms with Gasteiger partial charge in [-0.2, -0.15) is 0 Å². The van der Waals surface area contributed by atoms with Crippen LogP contribution in [0.25, 0.3) is 99.1 Å². The smallest absolute Gasteiger partial charge is 0.0973 e. The molecule has 4 nitrogen and oxygen atoms in total. The van der Waals surface area contributed by atoms with Gasteiger partial charge >= 0.3 is 0 Å². The summed E-state index contributed by atoms with van der Waals surface area (Å²) in [7, 11) is 0. The molecule has 0 aliphatic carbocycles. The molecule has 0 saturated heterocycles. The molecule has 0 saturated carbocycles. The average molecular weight is 611 g/mol. The van der Waals surface area contributed by atoms with Gasteiger partial charge in [0.1, 0.15) is 0 Å². The Balaban J connectivity index is 1.19. The van der Waals surface area contributed by atoms with Crippen LogP contribution >= 0.6 is 0 Å². The van der Waals surface area contributed by atoms with Gasteiger partial charge in [0.25, 0.3) is 0 Å². The molecule has 0 spiro atoms. The second-order valence-electron chi connectivity index (χ2n) is 12.6. The highest BCUT2D eigenvalue weighted by atomic mass is 15.0. The van der Waals surface area contributed by atoms with Crippen LogP contribution < -0.4 is 0 Å². The van der Waals surface area contributed by atoms with Crippen molar-refractivity contribution in [3.8, 4) is 28.2 Å². The number of hydrogen-bond donors (Lipinski definition) is 0. The third-order valence-corrected chi connectivity index (χ3v) is 10.0. The normalized spacial score (nSPS) is 12.2. The number of fused-ring (bicyclic) bond motifs is 6. The Morgan fingerprint density at radius 2 is 0.875 bits per heavy atom. The van der Waals surface area contributed by atoms with Gasteiger partial charge in [0.15, 0.2) is 0 Å². The first-order valence-corrected chi connectivity index (χ1v) is 16.4. The van der Waals surface area contributed by atoms with Gasteiger partial charge in [0.05, 0.1) is 50.0 Å². The quantitative estimate of drug-likeness (QED) is 0.199. The molecule has 0 unspecified atom stereocenters. The Morgan fingerprint density at radius 1 is 0.354 bits per heavy atom. The van der Waals surface area contributed by atoms with Gasteiger partial charge in [-0.1, -0.05) is 109 Å². The number of nitrogens with zero attached hydrogens (tertiary/aromatic N) is 4. The van der Waals surface area contributed by atoms with Crippen molar-refractivity contribution in [3.05, 3.63) is 158 Å². The van der Waals surface area contributed by atoms with Gasteiger partial charge in [0.2, 0.25) is 0 Å². The minimum absolute atomic E-state index is 0.882. The summed E-state index contributed by atoms with van der Waals surface area (Å²) in [5, 5.41) is 7.67. The van der Waals surface area contributed by atoms with E-state index in [0.29, 0.717) is 0 Å². The summed E-state index contributed by atoms with van der Waals surface area (Å²) in [4.78, 5) is 10.2. The van der Waals surface area contributed by atoms with E-state index in [2.05, 4.69) is 136 Å². The lowest BCUT2D eigenvalue weighted by Crippen LogP contribution is -1.97. The Kier molecular flexibility index (Phi) is 5.08. The molecule has 48 heavy (non-hydrogen) atoms. The van der Waals surface area contributed by atoms with E-state index in [1.807, 2.05) is 30.3 Å². The zero-order valence-corrected chi connectivity index (χ0v) is 25.8. The predicted molar refractivity (Wildman–Crippen MR) is 199 cm³/mol. The first-order valence-electron chi connectivity index (χ1n) is 16.4. The minimum atomic E-state index is 0.882. The zero-order valence-electron chi connectivity index (χ0n) is 25.8. The number of hydrogen-bond acceptors (Lipinski definition) is 2. The highest BCUT2D eigenvalue weighted by molar-refractivity contribution is 6.31. The number of para-hydroxylation sites is 4. The van der Waals surface area contributed by atoms with Crippen molar-refractivity contribution in [2.24, 2.45) is 0 Å². The van der Waals surface area contributed by atoms with Gasteiger partial charge in [-0.05, 0) is 53.9 Å². The number of benzene rings is 7. The first kappa shape index (κ1) is 25.6. The van der Waals surface area contributed by atoms with E-state index in [0.717, 1.165) is 39.2 Å². The molecule has 11 aromatic rings. The van der Waals surface area contributed by atoms with Crippen molar-refractivity contribution in [3.63, 3.8) is 0 Å². The Morgan fingerprint density at radius 3 is 1.65 bits per heavy atom. The highest BCUT2D eigenvalue weighted by Gasteiger charge is 2.22. The summed E-state index contributed by atoms with van der Waals surface area (Å²) >= 11 is 0. The van der Waals surface area contributed by atoms with E-state index < -0.39 is 0 Å². The van der Waals surface area contributed by atoms with E-state index in [1.165, 1.54) is 59.9 Å². The van der Waals surface area contributed by atoms with Gasteiger partial charge < -0.3 is 8.97 Å². The fraction of sp³-hybridized carbons (Fsp3) is 0. The molecule has 4 heteroatoms. The second kappa shape index (κ2) is 9.50. The van der Waals surface area contributed by atoms with Crippen LogP contribution in [-0.4, -0.2) is 18.9 Å². The lowest BCUT2D eigenvalue weighted by molar-refractivity contribution is 1.18. The van der Waals surface area contributed by atoms with Gasteiger partial charge in [-0.15, -0.1) is 0 Å². The molecule has 0 fully saturated rings. The maximum Gasteiger partial charge on any atom is 0.0973 e. The van der Waals surface area contributed by atoms with Crippen LogP contribution in [0.1, 0.15) is 0 Å². The van der Waals surface area contributed by atoms with Gasteiger partial charge in [0, 0.05) is 43.7 Å². The minimum Gasteiger partial charge on any atom is -0.309 e. The summed E-state index contributed by atoms with van der Waals surface area (Å²) < 4.78 is 4.90. The van der Waals surface area contributed by atoms with Crippen molar-refractivity contribution < 1.29 is 0 Å². The van der Waals surface area contributed by atoms with Crippen molar-refractivity contribution in [2.45, 2.75) is 0 Å². The Labute approximate surface area is 275 Å². The molecule has 0 radical (unpaired) electrons. The second-order valence-corrected chi connectivity index (χ2v) is 12.6. The largest absolute Gasteiger partial charge is 0.309 e. The SMILES string of the molecule is c1ccc(-c2nc3ccccc3nc2-c2ccc(-n3c4cccc5c6cccc7c8ccccc8n(c8cccc3c8c54)c67)cc2)cc1. The van der Waals surface area contributed by atoms with Crippen LogP contribution in [0.15, 0.2) is 158 Å². The van der Waals surface area contributed by atoms with E-state index in [9.17, 15) is 0 Å². The molecule has 0 aliphatic rings. The van der Waals surface area contributed by atoms with E-state index in [4.69, 9.17) is 9.97 Å². The summed E-state index contributed by atoms with van der Waals surface area (Å²) in [6, 6.07) is 56.3. The summed E-state index contributed by atoms with van der Waals surface area (Å²) in [6.07, 6.45) is 0. The van der Waals surface area contributed by atoms with Gasteiger partial charge in [-0.3, -0.25) is 0 Å². The van der Waals surface area contributed by atoms with Crippen molar-refractivity contribution in [1.82, 2.24) is 18.9 Å². The van der Waals surface area contributed by atoms with Crippen LogP contribution in [0.5, 0.6) is 0 Å². The molecule has 0 atom stereocenters. The Hall–Kier alpha value is -6.52. The molecule has 11 rings (SSSR count). The first-order chi connectivity index (χ1) is 23.8. The molecule has 0 amide bonds. The molecule has 0 bridgehead atoms. The van der Waals surface area contributed by atoms with Gasteiger partial charge in [-0.25, -0.2) is 9.97 Å². The molecule has 4 heterocycles. The monoisotopic (exact) mass is 610 g/mol. The van der Waals surface area contributed by atoms with E-state index in [1.54, 1.807) is 0 Å². The molecule has 0 N–H and O–H groups in total. The summed E-state index contributed by atoms with van der Waals surface area (Å²) in [5.74, 6) is 0. The van der Waals surface area contributed by atoms with Crippen LogP contribution in [-0.2, 0) is 0 Å². The zero-order chi connectivity index (χ0) is 31.3. The summed E-state index contributed by atoms with van der Waals surface area (Å²) in [5.41, 5.74) is 12.9. The lowest BCUT2D eigenvalue weighted by atomic mass is 10.0. The molecular weight excluding hydrogens is 585 g/mol. The fourth-order valence-electron chi connectivity index (χ4n) is 8.03. The lowest BCUT2D eigenvalue weighted by Gasteiger charge is -2.13. The summed E-state index contributed by atoms with van der Waals surface area (Å²) in [6.45, 7) is 0. The van der Waals surface area contributed by atoms with Crippen molar-refractivity contribution >= 4 is 70.9 Å². The van der Waals surface area contributed by atoms with Crippen LogP contribution in [0.2, 0.25) is 0 Å². The molecular formula is C44H26N4. The van der Waals surface area contributed by atoms with Crippen LogP contribution in [0.4, 0.5) is 0 Å².